The number of methoxy groups -OCH3 is 4. The van der Waals surface area contributed by atoms with Gasteiger partial charge in [-0.2, -0.15) is 0 Å². The standard InChI is InChI=1S/C27H26N2O7/c1-33-23-13-9-19(5-6-20-16-24(34-2)27(36-4)25(17-20)35-3)15-22(23)28-26(30)14-10-18-7-11-21(12-8-18)29(31)32/h5-17H,1-4H3,(H,28,30)/b6-5+,14-10+. The van der Waals surface area contributed by atoms with E-state index in [-0.39, 0.29) is 11.6 Å². The van der Waals surface area contributed by atoms with Gasteiger partial charge in [-0.3, -0.25) is 14.9 Å². The van der Waals surface area contributed by atoms with E-state index in [9.17, 15) is 14.9 Å². The average Bonchev–Trinajstić information content (AvgIpc) is 2.90. The maximum atomic E-state index is 12.5. The minimum atomic E-state index is -0.477. The van der Waals surface area contributed by atoms with Crippen LogP contribution in [0.2, 0.25) is 0 Å². The first-order chi connectivity index (χ1) is 17.4. The Kier molecular flexibility index (Phi) is 8.66. The Balaban J connectivity index is 1.78. The Hall–Kier alpha value is -4.79. The van der Waals surface area contributed by atoms with Crippen molar-refractivity contribution in [2.24, 2.45) is 0 Å². The molecule has 0 atom stereocenters. The molecule has 3 aromatic rings. The first-order valence-electron chi connectivity index (χ1n) is 10.8. The largest absolute Gasteiger partial charge is 0.495 e. The lowest BCUT2D eigenvalue weighted by Crippen LogP contribution is -2.09. The van der Waals surface area contributed by atoms with Crippen molar-refractivity contribution in [1.29, 1.82) is 0 Å². The molecular formula is C27H26N2O7. The van der Waals surface area contributed by atoms with Gasteiger partial charge in [0.05, 0.1) is 39.0 Å². The Labute approximate surface area is 208 Å². The molecule has 36 heavy (non-hydrogen) atoms. The van der Waals surface area contributed by atoms with Crippen molar-refractivity contribution >= 4 is 35.5 Å². The zero-order valence-electron chi connectivity index (χ0n) is 20.3. The van der Waals surface area contributed by atoms with Gasteiger partial charge in [0.1, 0.15) is 5.75 Å². The zero-order chi connectivity index (χ0) is 26.1. The molecule has 186 valence electrons. The molecule has 0 heterocycles. The van der Waals surface area contributed by atoms with Crippen molar-refractivity contribution < 1.29 is 28.7 Å². The number of nitro benzene ring substituents is 1. The average molecular weight is 491 g/mol. The predicted octanol–water partition coefficient (Wildman–Crippen LogP) is 5.45. The summed E-state index contributed by atoms with van der Waals surface area (Å²) in [6.45, 7) is 0. The summed E-state index contributed by atoms with van der Waals surface area (Å²) in [6.07, 6.45) is 6.67. The number of carbonyl (C=O) groups excluding carboxylic acids is 1. The molecule has 3 rings (SSSR count). The van der Waals surface area contributed by atoms with E-state index in [0.717, 1.165) is 11.1 Å². The maximum Gasteiger partial charge on any atom is 0.269 e. The highest BCUT2D eigenvalue weighted by molar-refractivity contribution is 6.03. The maximum absolute atomic E-state index is 12.5. The van der Waals surface area contributed by atoms with Crippen LogP contribution in [-0.4, -0.2) is 39.3 Å². The Morgan fingerprint density at radius 1 is 0.750 bits per heavy atom. The molecule has 9 nitrogen and oxygen atoms in total. The monoisotopic (exact) mass is 490 g/mol. The van der Waals surface area contributed by atoms with Gasteiger partial charge in [-0.05, 0) is 59.2 Å². The van der Waals surface area contributed by atoms with Crippen LogP contribution in [-0.2, 0) is 4.79 Å². The fourth-order valence-corrected chi connectivity index (χ4v) is 3.37. The topological polar surface area (TPSA) is 109 Å². The van der Waals surface area contributed by atoms with Gasteiger partial charge in [-0.25, -0.2) is 0 Å². The first-order valence-corrected chi connectivity index (χ1v) is 10.8. The number of nitrogens with one attached hydrogen (secondary N) is 1. The summed E-state index contributed by atoms with van der Waals surface area (Å²) in [4.78, 5) is 22.8. The number of ether oxygens (including phenoxy) is 4. The summed E-state index contributed by atoms with van der Waals surface area (Å²) in [5, 5.41) is 13.6. The second-order valence-corrected chi connectivity index (χ2v) is 7.42. The number of non-ortho nitro benzene ring substituents is 1. The van der Waals surface area contributed by atoms with Crippen molar-refractivity contribution in [3.05, 3.63) is 87.5 Å². The van der Waals surface area contributed by atoms with Crippen LogP contribution in [0.1, 0.15) is 16.7 Å². The Morgan fingerprint density at radius 3 is 1.89 bits per heavy atom. The van der Waals surface area contributed by atoms with E-state index < -0.39 is 4.92 Å². The number of nitro groups is 1. The number of nitrogens with zero attached hydrogens (tertiary/aromatic N) is 1. The van der Waals surface area contributed by atoms with Gasteiger partial charge in [0.25, 0.3) is 5.69 Å². The van der Waals surface area contributed by atoms with Crippen LogP contribution in [0.4, 0.5) is 11.4 Å². The normalized spacial score (nSPS) is 10.9. The second-order valence-electron chi connectivity index (χ2n) is 7.42. The lowest BCUT2D eigenvalue weighted by atomic mass is 10.1. The summed E-state index contributed by atoms with van der Waals surface area (Å²) < 4.78 is 21.5. The lowest BCUT2D eigenvalue weighted by molar-refractivity contribution is -0.384. The Morgan fingerprint density at radius 2 is 1.33 bits per heavy atom. The molecule has 0 radical (unpaired) electrons. The zero-order valence-corrected chi connectivity index (χ0v) is 20.3. The van der Waals surface area contributed by atoms with Gasteiger partial charge in [-0.15, -0.1) is 0 Å². The Bertz CT molecular complexity index is 1270. The van der Waals surface area contributed by atoms with Crippen LogP contribution in [0.3, 0.4) is 0 Å². The summed E-state index contributed by atoms with van der Waals surface area (Å²) in [6, 6.07) is 14.9. The van der Waals surface area contributed by atoms with Crippen LogP contribution >= 0.6 is 0 Å². The van der Waals surface area contributed by atoms with E-state index in [4.69, 9.17) is 18.9 Å². The van der Waals surface area contributed by atoms with E-state index in [1.165, 1.54) is 25.3 Å². The molecule has 0 aliphatic carbocycles. The third-order valence-corrected chi connectivity index (χ3v) is 5.17. The molecule has 0 aliphatic heterocycles. The van der Waals surface area contributed by atoms with Crippen LogP contribution < -0.4 is 24.3 Å². The van der Waals surface area contributed by atoms with Gasteiger partial charge >= 0.3 is 0 Å². The highest BCUT2D eigenvalue weighted by atomic mass is 16.6. The highest BCUT2D eigenvalue weighted by Gasteiger charge is 2.12. The summed E-state index contributed by atoms with van der Waals surface area (Å²) in [5.41, 5.74) is 2.78. The number of rotatable bonds is 10. The molecule has 0 saturated heterocycles. The van der Waals surface area contributed by atoms with Crippen LogP contribution in [0.15, 0.2) is 60.7 Å². The molecule has 0 aromatic heterocycles. The molecule has 3 aromatic carbocycles. The van der Waals surface area contributed by atoms with E-state index in [0.29, 0.717) is 34.2 Å². The number of hydrogen-bond donors (Lipinski definition) is 1. The van der Waals surface area contributed by atoms with Crippen molar-refractivity contribution in [3.8, 4) is 23.0 Å². The number of anilines is 1. The summed E-state index contributed by atoms with van der Waals surface area (Å²) in [7, 11) is 6.17. The molecule has 1 amide bonds. The quantitative estimate of drug-likeness (QED) is 0.174. The fourth-order valence-electron chi connectivity index (χ4n) is 3.37. The van der Waals surface area contributed by atoms with Gasteiger partial charge in [0.15, 0.2) is 11.5 Å². The molecule has 0 fully saturated rings. The van der Waals surface area contributed by atoms with Crippen molar-refractivity contribution in [3.63, 3.8) is 0 Å². The van der Waals surface area contributed by atoms with E-state index in [1.807, 2.05) is 30.4 Å². The third-order valence-electron chi connectivity index (χ3n) is 5.17. The minimum Gasteiger partial charge on any atom is -0.495 e. The number of carbonyl (C=O) groups is 1. The number of benzene rings is 3. The van der Waals surface area contributed by atoms with Crippen LogP contribution in [0.25, 0.3) is 18.2 Å². The first kappa shape index (κ1) is 25.8. The van der Waals surface area contributed by atoms with E-state index in [2.05, 4.69) is 5.32 Å². The summed E-state index contributed by atoms with van der Waals surface area (Å²) >= 11 is 0. The molecule has 0 spiro atoms. The van der Waals surface area contributed by atoms with Gasteiger partial charge < -0.3 is 24.3 Å². The molecular weight excluding hydrogens is 464 g/mol. The molecule has 9 heteroatoms. The van der Waals surface area contributed by atoms with E-state index >= 15 is 0 Å². The minimum absolute atomic E-state index is 0.0160. The van der Waals surface area contributed by atoms with Crippen molar-refractivity contribution in [1.82, 2.24) is 0 Å². The number of hydrogen-bond acceptors (Lipinski definition) is 7. The second kappa shape index (κ2) is 12.1. The fraction of sp³-hybridized carbons (Fsp3) is 0.148. The van der Waals surface area contributed by atoms with E-state index in [1.54, 1.807) is 51.7 Å². The van der Waals surface area contributed by atoms with Crippen molar-refractivity contribution in [2.45, 2.75) is 0 Å². The van der Waals surface area contributed by atoms with Crippen molar-refractivity contribution in [2.75, 3.05) is 33.8 Å². The number of amides is 1. The molecule has 0 unspecified atom stereocenters. The SMILES string of the molecule is COc1ccc(/C=C/c2cc(OC)c(OC)c(OC)c2)cc1NC(=O)/C=C/c1ccc([N+](=O)[O-])cc1. The third kappa shape index (κ3) is 6.41. The van der Waals surface area contributed by atoms with Gasteiger partial charge in [0, 0.05) is 18.2 Å². The molecule has 1 N–H and O–H groups in total. The van der Waals surface area contributed by atoms with Crippen LogP contribution in [0.5, 0.6) is 23.0 Å². The molecule has 0 aliphatic rings. The molecule has 0 bridgehead atoms. The molecule has 0 saturated carbocycles. The van der Waals surface area contributed by atoms with Gasteiger partial charge in [0.2, 0.25) is 11.7 Å². The van der Waals surface area contributed by atoms with Crippen LogP contribution in [0, 0.1) is 10.1 Å². The van der Waals surface area contributed by atoms with Gasteiger partial charge in [-0.1, -0.05) is 18.2 Å². The smallest absolute Gasteiger partial charge is 0.269 e. The highest BCUT2D eigenvalue weighted by Crippen LogP contribution is 2.38. The lowest BCUT2D eigenvalue weighted by Gasteiger charge is -2.13. The summed E-state index contributed by atoms with van der Waals surface area (Å²) in [5.74, 6) is 1.71. The predicted molar refractivity (Wildman–Crippen MR) is 139 cm³/mol.